The second kappa shape index (κ2) is 14.3. The summed E-state index contributed by atoms with van der Waals surface area (Å²) in [5.41, 5.74) is 1.11. The SMILES string of the molecule is CCC[CH2][Sn]([CH2]CCC)[CH2]CCC.OC=C1CCC2(CC1)OCCO2. The number of aliphatic hydroxyl groups is 1. The number of hydrogen-bond donors (Lipinski definition) is 1. The molecule has 1 spiro atoms. The van der Waals surface area contributed by atoms with E-state index in [4.69, 9.17) is 14.6 Å². The molecular formula is C21H41O3Sn. The summed E-state index contributed by atoms with van der Waals surface area (Å²) in [6, 6.07) is 0. The molecule has 3 nitrogen and oxygen atoms in total. The Hall–Kier alpha value is 0.259. The smallest absolute Gasteiger partial charge is 0.169 e. The Bertz CT molecular complexity index is 320. The Morgan fingerprint density at radius 2 is 1.32 bits per heavy atom. The van der Waals surface area contributed by atoms with Crippen LogP contribution in [0.15, 0.2) is 11.8 Å². The summed E-state index contributed by atoms with van der Waals surface area (Å²) in [5.74, 6) is -0.299. The molecule has 0 amide bonds. The van der Waals surface area contributed by atoms with Gasteiger partial charge in [-0.25, -0.2) is 0 Å². The fourth-order valence-corrected chi connectivity index (χ4v) is 13.0. The van der Waals surface area contributed by atoms with Crippen LogP contribution in [-0.2, 0) is 9.47 Å². The second-order valence-corrected chi connectivity index (χ2v) is 16.0. The molecule has 2 fully saturated rings. The van der Waals surface area contributed by atoms with Crippen molar-refractivity contribution < 1.29 is 14.6 Å². The predicted octanol–water partition coefficient (Wildman–Crippen LogP) is 6.63. The van der Waals surface area contributed by atoms with Gasteiger partial charge in [-0.3, -0.25) is 0 Å². The van der Waals surface area contributed by atoms with E-state index in [1.54, 1.807) is 13.3 Å². The first-order valence-electron chi connectivity index (χ1n) is 10.6. The molecule has 0 unspecified atom stereocenters. The van der Waals surface area contributed by atoms with Crippen molar-refractivity contribution in [1.82, 2.24) is 0 Å². The number of rotatable bonds is 9. The van der Waals surface area contributed by atoms with Crippen LogP contribution in [-0.4, -0.2) is 43.9 Å². The number of aliphatic hydroxyl groups excluding tert-OH is 1. The molecule has 25 heavy (non-hydrogen) atoms. The van der Waals surface area contributed by atoms with E-state index >= 15 is 0 Å². The number of hydrogen-bond acceptors (Lipinski definition) is 3. The summed E-state index contributed by atoms with van der Waals surface area (Å²) in [4.78, 5) is 0. The van der Waals surface area contributed by atoms with Gasteiger partial charge in [-0.15, -0.1) is 0 Å². The Labute approximate surface area is 163 Å². The normalized spacial score (nSPS) is 19.1. The van der Waals surface area contributed by atoms with Crippen molar-refractivity contribution in [2.75, 3.05) is 13.2 Å². The van der Waals surface area contributed by atoms with Crippen LogP contribution in [0, 0.1) is 0 Å². The molecule has 2 rings (SSSR count). The van der Waals surface area contributed by atoms with Crippen LogP contribution in [0.2, 0.25) is 13.3 Å². The van der Waals surface area contributed by atoms with Gasteiger partial charge in [0.1, 0.15) is 0 Å². The minimum atomic E-state index is -0.839. The minimum absolute atomic E-state index is 0.299. The first kappa shape index (κ1) is 23.3. The molecule has 0 aromatic carbocycles. The van der Waals surface area contributed by atoms with Gasteiger partial charge in [-0.05, 0) is 18.4 Å². The van der Waals surface area contributed by atoms with Crippen molar-refractivity contribution in [3.05, 3.63) is 11.8 Å². The molecule has 0 bridgehead atoms. The van der Waals surface area contributed by atoms with Gasteiger partial charge >= 0.3 is 92.4 Å². The van der Waals surface area contributed by atoms with Gasteiger partial charge in [-0.2, -0.15) is 0 Å². The van der Waals surface area contributed by atoms with Crippen molar-refractivity contribution in [2.24, 2.45) is 0 Å². The molecule has 1 saturated heterocycles. The Morgan fingerprint density at radius 3 is 1.68 bits per heavy atom. The van der Waals surface area contributed by atoms with Crippen LogP contribution < -0.4 is 0 Å². The van der Waals surface area contributed by atoms with Gasteiger partial charge in [0.15, 0.2) is 5.79 Å². The average molecular weight is 460 g/mol. The summed E-state index contributed by atoms with van der Waals surface area (Å²) in [7, 11) is 0. The molecule has 0 aromatic heterocycles. The fraction of sp³-hybridized carbons (Fsp3) is 0.905. The third-order valence-electron chi connectivity index (χ3n) is 5.30. The van der Waals surface area contributed by atoms with Crippen LogP contribution in [0.25, 0.3) is 0 Å². The second-order valence-electron chi connectivity index (χ2n) is 7.46. The summed E-state index contributed by atoms with van der Waals surface area (Å²) < 4.78 is 16.1. The van der Waals surface area contributed by atoms with Crippen molar-refractivity contribution in [1.29, 1.82) is 0 Å². The van der Waals surface area contributed by atoms with Crippen LogP contribution in [0.4, 0.5) is 0 Å². The molecule has 1 heterocycles. The van der Waals surface area contributed by atoms with Crippen LogP contribution in [0.5, 0.6) is 0 Å². The van der Waals surface area contributed by atoms with E-state index in [2.05, 4.69) is 20.8 Å². The third kappa shape index (κ3) is 9.67. The van der Waals surface area contributed by atoms with E-state index < -0.39 is 19.8 Å². The molecule has 1 aliphatic heterocycles. The van der Waals surface area contributed by atoms with Crippen molar-refractivity contribution in [2.45, 2.75) is 104 Å². The fourth-order valence-electron chi connectivity index (χ4n) is 3.52. The van der Waals surface area contributed by atoms with E-state index in [9.17, 15) is 0 Å². The van der Waals surface area contributed by atoms with Gasteiger partial charge in [0.2, 0.25) is 0 Å². The van der Waals surface area contributed by atoms with Crippen LogP contribution in [0.3, 0.4) is 0 Å². The zero-order valence-corrected chi connectivity index (χ0v) is 19.8. The van der Waals surface area contributed by atoms with E-state index in [0.29, 0.717) is 0 Å². The first-order valence-corrected chi connectivity index (χ1v) is 16.7. The monoisotopic (exact) mass is 461 g/mol. The standard InChI is InChI=1S/C9H14O3.3C4H9.Sn/c10-7-8-1-3-9(4-2-8)11-5-6-12-9;3*1-3-4-2;/h7,10H,1-6H2;3*1,3-4H2,2H3;. The Kier molecular flexibility index (Phi) is 13.4. The van der Waals surface area contributed by atoms with Gasteiger partial charge in [0.05, 0.1) is 19.5 Å². The van der Waals surface area contributed by atoms with Gasteiger partial charge in [0, 0.05) is 12.8 Å². The van der Waals surface area contributed by atoms with E-state index in [1.165, 1.54) is 44.8 Å². The van der Waals surface area contributed by atoms with Crippen molar-refractivity contribution in [3.63, 3.8) is 0 Å². The molecule has 0 atom stereocenters. The van der Waals surface area contributed by atoms with E-state index in [0.717, 1.165) is 44.5 Å². The summed E-state index contributed by atoms with van der Waals surface area (Å²) >= 11 is -0.839. The maximum Gasteiger partial charge on any atom is 0.169 e. The minimum Gasteiger partial charge on any atom is -0.516 e. The van der Waals surface area contributed by atoms with Gasteiger partial charge in [0.25, 0.3) is 0 Å². The van der Waals surface area contributed by atoms with E-state index in [1.807, 2.05) is 0 Å². The van der Waals surface area contributed by atoms with Gasteiger partial charge in [-0.1, -0.05) is 0 Å². The van der Waals surface area contributed by atoms with E-state index in [-0.39, 0.29) is 5.79 Å². The number of ether oxygens (including phenoxy) is 2. The molecule has 1 radical (unpaired) electrons. The maximum absolute atomic E-state index is 8.78. The van der Waals surface area contributed by atoms with Crippen molar-refractivity contribution >= 4 is 19.8 Å². The maximum atomic E-state index is 8.78. The molecule has 1 aliphatic carbocycles. The Balaban J connectivity index is 0.000000250. The van der Waals surface area contributed by atoms with Crippen LogP contribution in [0.1, 0.15) is 85.0 Å². The molecule has 147 valence electrons. The summed E-state index contributed by atoms with van der Waals surface area (Å²) in [6.07, 6.45) is 13.6. The topological polar surface area (TPSA) is 38.7 Å². The predicted molar refractivity (Wildman–Crippen MR) is 109 cm³/mol. The van der Waals surface area contributed by atoms with Gasteiger partial charge < -0.3 is 14.6 Å². The third-order valence-corrected chi connectivity index (χ3v) is 14.4. The molecular weight excluding hydrogens is 419 g/mol. The molecule has 1 saturated carbocycles. The zero-order valence-electron chi connectivity index (χ0n) is 16.9. The quantitative estimate of drug-likeness (QED) is 0.310. The molecule has 2 aliphatic rings. The Morgan fingerprint density at radius 1 is 0.880 bits per heavy atom. The zero-order chi connectivity index (χ0) is 18.4. The summed E-state index contributed by atoms with van der Waals surface area (Å²) in [5, 5.41) is 8.78. The number of unbranched alkanes of at least 4 members (excludes halogenated alkanes) is 3. The summed E-state index contributed by atoms with van der Waals surface area (Å²) in [6.45, 7) is 8.44. The van der Waals surface area contributed by atoms with Crippen LogP contribution >= 0.6 is 0 Å². The number of allylic oxidation sites excluding steroid dienone is 1. The molecule has 4 heteroatoms. The first-order chi connectivity index (χ1) is 12.2. The van der Waals surface area contributed by atoms with Crippen molar-refractivity contribution in [3.8, 4) is 0 Å². The molecule has 0 aromatic rings. The molecule has 1 N–H and O–H groups in total. The average Bonchev–Trinajstić information content (AvgIpc) is 3.10. The largest absolute Gasteiger partial charge is 0.516 e.